The highest BCUT2D eigenvalue weighted by molar-refractivity contribution is 5.82. The second-order valence-electron chi connectivity index (χ2n) is 5.54. The maximum Gasteiger partial charge on any atom is 0.208 e. The van der Waals surface area contributed by atoms with Gasteiger partial charge < -0.3 is 25.8 Å². The van der Waals surface area contributed by atoms with Gasteiger partial charge in [-0.2, -0.15) is 0 Å². The van der Waals surface area contributed by atoms with Crippen LogP contribution in [-0.2, 0) is 4.74 Å². The number of rotatable bonds is 3. The number of hydrogen-bond donors (Lipinski definition) is 4. The molecule has 0 saturated carbocycles. The number of aromatic nitrogens is 4. The summed E-state index contributed by atoms with van der Waals surface area (Å²) < 4.78 is 6.96. The Balaban J connectivity index is 2.02. The maximum absolute atomic E-state index is 10.2. The van der Waals surface area contributed by atoms with Crippen molar-refractivity contribution < 1.29 is 20.1 Å². The quantitative estimate of drug-likeness (QED) is 0.534. The van der Waals surface area contributed by atoms with Crippen molar-refractivity contribution >= 4 is 17.0 Å². The van der Waals surface area contributed by atoms with Crippen molar-refractivity contribution in [2.45, 2.75) is 44.3 Å². The summed E-state index contributed by atoms with van der Waals surface area (Å²) in [5.74, 6) is 6.21. The molecule has 9 heteroatoms. The van der Waals surface area contributed by atoms with E-state index in [2.05, 4.69) is 26.8 Å². The van der Waals surface area contributed by atoms with Crippen LogP contribution >= 0.6 is 0 Å². The topological polar surface area (TPSA) is 140 Å². The van der Waals surface area contributed by atoms with E-state index in [9.17, 15) is 15.3 Å². The van der Waals surface area contributed by atoms with E-state index in [1.54, 1.807) is 0 Å². The number of nitrogens with zero attached hydrogens (tertiary/aromatic N) is 4. The van der Waals surface area contributed by atoms with E-state index in [1.807, 2.05) is 6.92 Å². The second kappa shape index (κ2) is 6.70. The van der Waals surface area contributed by atoms with Crippen LogP contribution in [0.3, 0.4) is 0 Å². The van der Waals surface area contributed by atoms with Crippen molar-refractivity contribution in [3.8, 4) is 11.8 Å². The summed E-state index contributed by atoms with van der Waals surface area (Å²) in [6.45, 7) is 1.61. The summed E-state index contributed by atoms with van der Waals surface area (Å²) in [6.07, 6.45) is -1.22. The van der Waals surface area contributed by atoms with E-state index in [4.69, 9.17) is 10.5 Å². The molecular formula is C15H19N5O4. The molecular weight excluding hydrogens is 314 g/mol. The third-order valence-electron chi connectivity index (χ3n) is 3.81. The first-order valence-corrected chi connectivity index (χ1v) is 7.68. The highest BCUT2D eigenvalue weighted by Gasteiger charge is 2.44. The van der Waals surface area contributed by atoms with Gasteiger partial charge >= 0.3 is 0 Å². The number of aliphatic hydroxyl groups excluding tert-OH is 3. The fourth-order valence-corrected chi connectivity index (χ4v) is 2.56. The molecule has 0 radical (unpaired) electrons. The minimum Gasteiger partial charge on any atom is -0.394 e. The van der Waals surface area contributed by atoms with E-state index in [0.29, 0.717) is 11.2 Å². The van der Waals surface area contributed by atoms with Gasteiger partial charge in [0, 0.05) is 6.42 Å². The normalized spacial score (nSPS) is 26.5. The molecule has 2 aromatic heterocycles. The van der Waals surface area contributed by atoms with Gasteiger partial charge in [-0.3, -0.25) is 4.57 Å². The zero-order valence-corrected chi connectivity index (χ0v) is 13.1. The number of unbranched alkanes of at least 4 members (excludes halogenated alkanes) is 1. The SMILES string of the molecule is CCCC#Cc1nc(N)c2ncn([C@@H]3O[C@H](CO)C(O)C3O)c2n1. The third kappa shape index (κ3) is 2.81. The molecule has 0 amide bonds. The molecule has 1 saturated heterocycles. The van der Waals surface area contributed by atoms with Crippen molar-refractivity contribution in [2.24, 2.45) is 0 Å². The lowest BCUT2D eigenvalue weighted by Gasteiger charge is -2.16. The molecule has 9 nitrogen and oxygen atoms in total. The molecule has 4 atom stereocenters. The van der Waals surface area contributed by atoms with Crippen LogP contribution in [0, 0.1) is 11.8 Å². The largest absolute Gasteiger partial charge is 0.394 e. The summed E-state index contributed by atoms with van der Waals surface area (Å²) in [5.41, 5.74) is 6.60. The minimum absolute atomic E-state index is 0.172. The summed E-state index contributed by atoms with van der Waals surface area (Å²) in [7, 11) is 0. The number of nitrogens with two attached hydrogens (primary N) is 1. The molecule has 0 bridgehead atoms. The van der Waals surface area contributed by atoms with Crippen molar-refractivity contribution in [3.63, 3.8) is 0 Å². The second-order valence-corrected chi connectivity index (χ2v) is 5.54. The van der Waals surface area contributed by atoms with Crippen molar-refractivity contribution in [3.05, 3.63) is 12.2 Å². The van der Waals surface area contributed by atoms with Crippen molar-refractivity contribution in [1.29, 1.82) is 0 Å². The Hall–Kier alpha value is -2.25. The average molecular weight is 333 g/mol. The van der Waals surface area contributed by atoms with Crippen molar-refractivity contribution in [2.75, 3.05) is 12.3 Å². The van der Waals surface area contributed by atoms with Crippen LogP contribution in [0.25, 0.3) is 11.2 Å². The van der Waals surface area contributed by atoms with E-state index in [1.165, 1.54) is 10.9 Å². The predicted molar refractivity (Wildman–Crippen MR) is 84.5 cm³/mol. The monoisotopic (exact) mass is 333 g/mol. The minimum atomic E-state index is -1.23. The molecule has 0 spiro atoms. The Morgan fingerprint density at radius 1 is 1.33 bits per heavy atom. The first-order chi connectivity index (χ1) is 11.6. The molecule has 1 aliphatic rings. The number of anilines is 1. The molecule has 0 aromatic carbocycles. The van der Waals surface area contributed by atoms with Crippen LogP contribution in [0.4, 0.5) is 5.82 Å². The molecule has 5 N–H and O–H groups in total. The number of ether oxygens (including phenoxy) is 1. The van der Waals surface area contributed by atoms with Gasteiger partial charge in [0.15, 0.2) is 17.7 Å². The first-order valence-electron chi connectivity index (χ1n) is 7.68. The standard InChI is InChI=1S/C15H19N5O4/c1-2-3-4-5-9-18-13(16)10-14(19-9)20(7-17-10)15-12(23)11(22)8(6-21)24-15/h7-8,11-12,15,21-23H,2-3,6H2,1H3,(H2,16,18,19)/t8-,11?,12?,15-/m1/s1. The van der Waals surface area contributed by atoms with Gasteiger partial charge in [0.1, 0.15) is 23.8 Å². The molecule has 2 aromatic rings. The van der Waals surface area contributed by atoms with E-state index in [-0.39, 0.29) is 11.6 Å². The molecule has 2 unspecified atom stereocenters. The van der Waals surface area contributed by atoms with Gasteiger partial charge in [-0.1, -0.05) is 12.8 Å². The van der Waals surface area contributed by atoms with Gasteiger partial charge in [0.25, 0.3) is 0 Å². The predicted octanol–water partition coefficient (Wildman–Crippen LogP) is -0.828. The van der Waals surface area contributed by atoms with Gasteiger partial charge in [-0.25, -0.2) is 15.0 Å². The Kier molecular flexibility index (Phi) is 4.64. The number of fused-ring (bicyclic) bond motifs is 1. The Morgan fingerprint density at radius 2 is 2.12 bits per heavy atom. The van der Waals surface area contributed by atoms with Crippen LogP contribution in [0.5, 0.6) is 0 Å². The van der Waals surface area contributed by atoms with Crippen LogP contribution in [0.1, 0.15) is 31.8 Å². The average Bonchev–Trinajstić information content (AvgIpc) is 3.10. The summed E-state index contributed by atoms with van der Waals surface area (Å²) in [4.78, 5) is 12.6. The van der Waals surface area contributed by atoms with E-state index in [0.717, 1.165) is 12.8 Å². The summed E-state index contributed by atoms with van der Waals surface area (Å²) in [6, 6.07) is 0. The number of aliphatic hydroxyl groups is 3. The lowest BCUT2D eigenvalue weighted by molar-refractivity contribution is -0.0511. The van der Waals surface area contributed by atoms with Gasteiger partial charge in [0.2, 0.25) is 5.82 Å². The molecule has 0 aliphatic carbocycles. The molecule has 1 fully saturated rings. The third-order valence-corrected chi connectivity index (χ3v) is 3.81. The number of hydrogen-bond acceptors (Lipinski definition) is 8. The maximum atomic E-state index is 10.2. The molecule has 24 heavy (non-hydrogen) atoms. The zero-order chi connectivity index (χ0) is 17.3. The number of nitrogen functional groups attached to an aromatic ring is 1. The van der Waals surface area contributed by atoms with Gasteiger partial charge in [0.05, 0.1) is 12.9 Å². The smallest absolute Gasteiger partial charge is 0.208 e. The Labute approximate surface area is 138 Å². The van der Waals surface area contributed by atoms with Crippen LogP contribution in [0.15, 0.2) is 6.33 Å². The lowest BCUT2D eigenvalue weighted by atomic mass is 10.1. The molecule has 3 rings (SSSR count). The van der Waals surface area contributed by atoms with Crippen LogP contribution in [0.2, 0.25) is 0 Å². The van der Waals surface area contributed by atoms with Gasteiger partial charge in [-0.15, -0.1) is 0 Å². The van der Waals surface area contributed by atoms with Gasteiger partial charge in [-0.05, 0) is 12.3 Å². The van der Waals surface area contributed by atoms with Crippen molar-refractivity contribution in [1.82, 2.24) is 19.5 Å². The molecule has 128 valence electrons. The Bertz CT molecular complexity index is 796. The van der Waals surface area contributed by atoms with E-state index < -0.39 is 31.1 Å². The van der Waals surface area contributed by atoms with Crippen LogP contribution < -0.4 is 5.73 Å². The Morgan fingerprint density at radius 3 is 2.79 bits per heavy atom. The lowest BCUT2D eigenvalue weighted by Crippen LogP contribution is -2.33. The highest BCUT2D eigenvalue weighted by atomic mass is 16.6. The molecule has 1 aliphatic heterocycles. The number of imidazole rings is 1. The van der Waals surface area contributed by atoms with Crippen LogP contribution in [-0.4, -0.2) is 59.8 Å². The molecule has 3 heterocycles. The first kappa shape index (κ1) is 16.6. The summed E-state index contributed by atoms with van der Waals surface area (Å²) in [5, 5.41) is 29.3. The zero-order valence-electron chi connectivity index (χ0n) is 13.1. The fourth-order valence-electron chi connectivity index (χ4n) is 2.56. The highest BCUT2D eigenvalue weighted by Crippen LogP contribution is 2.31. The summed E-state index contributed by atoms with van der Waals surface area (Å²) >= 11 is 0. The fraction of sp³-hybridized carbons (Fsp3) is 0.533. The van der Waals surface area contributed by atoms with E-state index >= 15 is 0 Å².